The van der Waals surface area contributed by atoms with Crippen LogP contribution in [-0.4, -0.2) is 31.1 Å². The molecule has 0 spiro atoms. The van der Waals surface area contributed by atoms with Crippen molar-refractivity contribution in [2.24, 2.45) is 17.6 Å². The van der Waals surface area contributed by atoms with Gasteiger partial charge in [0.25, 0.3) is 0 Å². The molecule has 0 saturated carbocycles. The smallest absolute Gasteiger partial charge is 0.000749 e. The summed E-state index contributed by atoms with van der Waals surface area (Å²) in [5, 5.41) is 0. The summed E-state index contributed by atoms with van der Waals surface area (Å²) in [6.45, 7) is 9.38. The van der Waals surface area contributed by atoms with Gasteiger partial charge in [-0.1, -0.05) is 26.7 Å². The van der Waals surface area contributed by atoms with E-state index in [1.165, 1.54) is 58.2 Å². The lowest BCUT2D eigenvalue weighted by Crippen LogP contribution is -2.30. The molecule has 0 aromatic carbocycles. The summed E-state index contributed by atoms with van der Waals surface area (Å²) < 4.78 is 0. The van der Waals surface area contributed by atoms with Gasteiger partial charge in [0.2, 0.25) is 0 Å². The van der Waals surface area contributed by atoms with Gasteiger partial charge in [-0.25, -0.2) is 0 Å². The van der Waals surface area contributed by atoms with Gasteiger partial charge < -0.3 is 10.6 Å². The summed E-state index contributed by atoms with van der Waals surface area (Å²) in [5.74, 6) is 1.77. The highest BCUT2D eigenvalue weighted by atomic mass is 15.1. The van der Waals surface area contributed by atoms with Gasteiger partial charge >= 0.3 is 0 Å². The Morgan fingerprint density at radius 1 is 1.31 bits per heavy atom. The van der Waals surface area contributed by atoms with Crippen LogP contribution in [0.25, 0.3) is 0 Å². The van der Waals surface area contributed by atoms with Crippen LogP contribution in [0.2, 0.25) is 0 Å². The maximum atomic E-state index is 5.61. The summed E-state index contributed by atoms with van der Waals surface area (Å²) in [6.07, 6.45) is 8.24. The molecule has 1 heterocycles. The zero-order valence-electron chi connectivity index (χ0n) is 11.3. The molecule has 2 heteroatoms. The molecular weight excluding hydrogens is 196 g/mol. The lowest BCUT2D eigenvalue weighted by Gasteiger charge is -2.23. The molecule has 0 bridgehead atoms. The Bertz CT molecular complexity index is 170. The number of hydrogen-bond acceptors (Lipinski definition) is 2. The van der Waals surface area contributed by atoms with Crippen molar-refractivity contribution in [3.05, 3.63) is 0 Å². The Morgan fingerprint density at radius 3 is 2.81 bits per heavy atom. The standard InChI is InChI=1S/C14H30N2/c1-3-5-14-6-4-10-16(11-8-14)12-13(2)7-9-15/h13-14H,3-12,15H2,1-2H3. The van der Waals surface area contributed by atoms with E-state index in [2.05, 4.69) is 18.7 Å². The summed E-state index contributed by atoms with van der Waals surface area (Å²) in [7, 11) is 0. The van der Waals surface area contributed by atoms with Crippen LogP contribution in [0.1, 0.15) is 52.4 Å². The molecule has 1 saturated heterocycles. The van der Waals surface area contributed by atoms with Gasteiger partial charge in [-0.15, -0.1) is 0 Å². The fraction of sp³-hybridized carbons (Fsp3) is 1.00. The lowest BCUT2D eigenvalue weighted by molar-refractivity contribution is 0.238. The molecule has 2 nitrogen and oxygen atoms in total. The highest BCUT2D eigenvalue weighted by Gasteiger charge is 2.17. The van der Waals surface area contributed by atoms with Crippen LogP contribution in [-0.2, 0) is 0 Å². The molecule has 1 aliphatic heterocycles. The van der Waals surface area contributed by atoms with Crippen LogP contribution in [0.5, 0.6) is 0 Å². The van der Waals surface area contributed by atoms with Gasteiger partial charge in [0.1, 0.15) is 0 Å². The minimum absolute atomic E-state index is 0.771. The fourth-order valence-electron chi connectivity index (χ4n) is 2.92. The topological polar surface area (TPSA) is 29.3 Å². The van der Waals surface area contributed by atoms with Crippen LogP contribution in [0.15, 0.2) is 0 Å². The Balaban J connectivity index is 2.24. The molecule has 1 fully saturated rings. The van der Waals surface area contributed by atoms with E-state index < -0.39 is 0 Å². The minimum atomic E-state index is 0.771. The Hall–Kier alpha value is -0.0800. The first-order chi connectivity index (χ1) is 7.76. The average Bonchev–Trinajstić information content (AvgIpc) is 2.45. The molecule has 1 rings (SSSR count). The highest BCUT2D eigenvalue weighted by Crippen LogP contribution is 2.22. The van der Waals surface area contributed by atoms with Crippen molar-refractivity contribution >= 4 is 0 Å². The fourth-order valence-corrected chi connectivity index (χ4v) is 2.92. The summed E-state index contributed by atoms with van der Waals surface area (Å²) >= 11 is 0. The monoisotopic (exact) mass is 226 g/mol. The molecule has 16 heavy (non-hydrogen) atoms. The Labute approximate surface area is 102 Å². The van der Waals surface area contributed by atoms with E-state index in [-0.39, 0.29) is 0 Å². The van der Waals surface area contributed by atoms with Crippen LogP contribution in [0, 0.1) is 11.8 Å². The zero-order valence-corrected chi connectivity index (χ0v) is 11.3. The quantitative estimate of drug-likeness (QED) is 0.754. The largest absolute Gasteiger partial charge is 0.330 e. The van der Waals surface area contributed by atoms with E-state index in [0.717, 1.165) is 18.4 Å². The summed E-state index contributed by atoms with van der Waals surface area (Å²) in [6, 6.07) is 0. The van der Waals surface area contributed by atoms with Crippen molar-refractivity contribution in [3.8, 4) is 0 Å². The van der Waals surface area contributed by atoms with Crippen molar-refractivity contribution in [3.63, 3.8) is 0 Å². The van der Waals surface area contributed by atoms with E-state index in [9.17, 15) is 0 Å². The number of nitrogens with zero attached hydrogens (tertiary/aromatic N) is 1. The molecule has 0 aliphatic carbocycles. The Morgan fingerprint density at radius 2 is 2.12 bits per heavy atom. The molecule has 0 radical (unpaired) electrons. The third-order valence-corrected chi connectivity index (χ3v) is 3.87. The first-order valence-corrected chi connectivity index (χ1v) is 7.18. The highest BCUT2D eigenvalue weighted by molar-refractivity contribution is 4.71. The van der Waals surface area contributed by atoms with Crippen LogP contribution >= 0.6 is 0 Å². The average molecular weight is 226 g/mol. The Kier molecular flexibility index (Phi) is 7.06. The van der Waals surface area contributed by atoms with Gasteiger partial charge in [0.05, 0.1) is 0 Å². The van der Waals surface area contributed by atoms with Crippen LogP contribution < -0.4 is 5.73 Å². The molecular formula is C14H30N2. The van der Waals surface area contributed by atoms with Crippen molar-refractivity contribution < 1.29 is 0 Å². The van der Waals surface area contributed by atoms with Gasteiger partial charge in [-0.05, 0) is 57.2 Å². The molecule has 0 aromatic heterocycles. The SMILES string of the molecule is CCCC1CCCN(CC(C)CCN)CC1. The maximum Gasteiger partial charge on any atom is 0.000749 e. The molecule has 96 valence electrons. The van der Waals surface area contributed by atoms with E-state index in [4.69, 9.17) is 5.73 Å². The van der Waals surface area contributed by atoms with E-state index >= 15 is 0 Å². The van der Waals surface area contributed by atoms with Gasteiger partial charge in [0.15, 0.2) is 0 Å². The predicted octanol–water partition coefficient (Wildman–Crippen LogP) is 2.87. The third-order valence-electron chi connectivity index (χ3n) is 3.87. The second kappa shape index (κ2) is 8.08. The number of likely N-dealkylation sites (tertiary alicyclic amines) is 1. The van der Waals surface area contributed by atoms with E-state index in [1.807, 2.05) is 0 Å². The molecule has 1 aliphatic rings. The number of hydrogen-bond donors (Lipinski definition) is 1. The molecule has 2 N–H and O–H groups in total. The lowest BCUT2D eigenvalue weighted by atomic mass is 9.96. The van der Waals surface area contributed by atoms with E-state index in [1.54, 1.807) is 0 Å². The normalized spacial score (nSPS) is 25.3. The number of nitrogens with two attached hydrogens (primary N) is 1. The number of rotatable bonds is 6. The summed E-state index contributed by atoms with van der Waals surface area (Å²) in [4.78, 5) is 2.66. The van der Waals surface area contributed by atoms with Crippen molar-refractivity contribution in [1.29, 1.82) is 0 Å². The minimum Gasteiger partial charge on any atom is -0.330 e. The first-order valence-electron chi connectivity index (χ1n) is 7.18. The van der Waals surface area contributed by atoms with Gasteiger partial charge in [-0.2, -0.15) is 0 Å². The van der Waals surface area contributed by atoms with E-state index in [0.29, 0.717) is 0 Å². The van der Waals surface area contributed by atoms with Crippen LogP contribution in [0.3, 0.4) is 0 Å². The molecule has 2 atom stereocenters. The molecule has 0 amide bonds. The molecule has 0 aromatic rings. The first kappa shape index (κ1) is 14.0. The van der Waals surface area contributed by atoms with Crippen LogP contribution in [0.4, 0.5) is 0 Å². The predicted molar refractivity (Wildman–Crippen MR) is 71.5 cm³/mol. The van der Waals surface area contributed by atoms with Gasteiger partial charge in [-0.3, -0.25) is 0 Å². The second-order valence-electron chi connectivity index (χ2n) is 5.57. The molecule has 2 unspecified atom stereocenters. The van der Waals surface area contributed by atoms with Crippen molar-refractivity contribution in [2.75, 3.05) is 26.2 Å². The maximum absolute atomic E-state index is 5.61. The third kappa shape index (κ3) is 5.31. The van der Waals surface area contributed by atoms with Crippen molar-refractivity contribution in [2.45, 2.75) is 52.4 Å². The zero-order chi connectivity index (χ0) is 11.8. The second-order valence-corrected chi connectivity index (χ2v) is 5.57. The van der Waals surface area contributed by atoms with Gasteiger partial charge in [0, 0.05) is 6.54 Å². The summed E-state index contributed by atoms with van der Waals surface area (Å²) in [5.41, 5.74) is 5.61. The van der Waals surface area contributed by atoms with Crippen molar-refractivity contribution in [1.82, 2.24) is 4.90 Å².